The number of nitrogens with one attached hydrogen (secondary N) is 2. The van der Waals surface area contributed by atoms with Gasteiger partial charge in [-0.15, -0.1) is 11.3 Å². The van der Waals surface area contributed by atoms with Gasteiger partial charge >= 0.3 is 5.97 Å². The van der Waals surface area contributed by atoms with Gasteiger partial charge in [-0.1, -0.05) is 23.7 Å². The van der Waals surface area contributed by atoms with Crippen molar-refractivity contribution < 1.29 is 28.6 Å². The lowest BCUT2D eigenvalue weighted by atomic mass is 10.1. The number of rotatable bonds is 10. The molecule has 0 aliphatic heterocycles. The molecule has 2 N–H and O–H groups in total. The van der Waals surface area contributed by atoms with Gasteiger partial charge in [0, 0.05) is 23.9 Å². The fourth-order valence-electron chi connectivity index (χ4n) is 3.12. The molecule has 2 aromatic carbocycles. The molecule has 2 amide bonds. The summed E-state index contributed by atoms with van der Waals surface area (Å²) >= 11 is 6.90. The molecule has 0 atom stereocenters. The number of carbonyl (C=O) groups is 3. The van der Waals surface area contributed by atoms with Crippen LogP contribution in [-0.4, -0.2) is 38.3 Å². The lowest BCUT2D eigenvalue weighted by Gasteiger charge is -2.06. The van der Waals surface area contributed by atoms with Crippen LogP contribution in [0.1, 0.15) is 38.1 Å². The molecule has 0 saturated carbocycles. The first-order valence-corrected chi connectivity index (χ1v) is 12.1. The van der Waals surface area contributed by atoms with E-state index in [0.29, 0.717) is 22.0 Å². The molecule has 0 unspecified atom stereocenters. The molecule has 0 aliphatic rings. The van der Waals surface area contributed by atoms with Crippen molar-refractivity contribution >= 4 is 57.5 Å². The van der Waals surface area contributed by atoms with Crippen LogP contribution in [0.4, 0.5) is 10.7 Å². The number of anilines is 2. The Morgan fingerprint density at radius 1 is 1.03 bits per heavy atom. The number of thiophene rings is 1. The van der Waals surface area contributed by atoms with Crippen LogP contribution < -0.4 is 15.4 Å². The summed E-state index contributed by atoms with van der Waals surface area (Å²) < 4.78 is 15.4. The molecule has 0 spiro atoms. The molecule has 0 bridgehead atoms. The third kappa shape index (κ3) is 7.17. The molecule has 3 rings (SSSR count). The summed E-state index contributed by atoms with van der Waals surface area (Å²) in [4.78, 5) is 38.5. The monoisotopic (exact) mass is 528 g/mol. The SMILES string of the molecule is CCOC(=O)c1c(NC(=O)/C=C/c2ccc(OCOC)cc2)sc(C(=O)Nc2ccc(Cl)cc2)c1C. The van der Waals surface area contributed by atoms with Gasteiger partial charge in [0.25, 0.3) is 5.91 Å². The second-order valence-corrected chi connectivity index (χ2v) is 8.84. The van der Waals surface area contributed by atoms with Crippen LogP contribution in [0.2, 0.25) is 5.02 Å². The van der Waals surface area contributed by atoms with Gasteiger partial charge in [-0.25, -0.2) is 4.79 Å². The summed E-state index contributed by atoms with van der Waals surface area (Å²) in [6, 6.07) is 13.7. The van der Waals surface area contributed by atoms with Crippen LogP contribution in [0.3, 0.4) is 0 Å². The average Bonchev–Trinajstić information content (AvgIpc) is 3.19. The van der Waals surface area contributed by atoms with E-state index in [1.165, 1.54) is 13.2 Å². The van der Waals surface area contributed by atoms with E-state index >= 15 is 0 Å². The van der Waals surface area contributed by atoms with Crippen LogP contribution in [0.15, 0.2) is 54.6 Å². The number of halogens is 1. The van der Waals surface area contributed by atoms with Crippen LogP contribution >= 0.6 is 22.9 Å². The van der Waals surface area contributed by atoms with Gasteiger partial charge in [0.05, 0.1) is 17.0 Å². The Bertz CT molecular complexity index is 1250. The van der Waals surface area contributed by atoms with E-state index in [4.69, 9.17) is 25.8 Å². The minimum Gasteiger partial charge on any atom is -0.468 e. The number of benzene rings is 2. The number of methoxy groups -OCH3 is 1. The molecular weight excluding hydrogens is 504 g/mol. The van der Waals surface area contributed by atoms with Gasteiger partial charge in [-0.3, -0.25) is 9.59 Å². The highest BCUT2D eigenvalue weighted by atomic mass is 35.5. The summed E-state index contributed by atoms with van der Waals surface area (Å²) in [7, 11) is 1.53. The Kier molecular flexibility index (Phi) is 9.63. The maximum atomic E-state index is 12.9. The summed E-state index contributed by atoms with van der Waals surface area (Å²) in [6.45, 7) is 3.61. The van der Waals surface area contributed by atoms with Crippen molar-refractivity contribution in [3.05, 3.63) is 81.2 Å². The van der Waals surface area contributed by atoms with Crippen molar-refractivity contribution in [1.29, 1.82) is 0 Å². The second-order valence-electron chi connectivity index (χ2n) is 7.38. The highest BCUT2D eigenvalue weighted by Crippen LogP contribution is 2.34. The number of ether oxygens (including phenoxy) is 3. The van der Waals surface area contributed by atoms with E-state index in [1.54, 1.807) is 68.5 Å². The normalized spacial score (nSPS) is 10.8. The molecule has 1 aromatic heterocycles. The first-order valence-electron chi connectivity index (χ1n) is 10.9. The maximum absolute atomic E-state index is 12.9. The largest absolute Gasteiger partial charge is 0.468 e. The molecule has 0 radical (unpaired) electrons. The van der Waals surface area contributed by atoms with Crippen molar-refractivity contribution in [2.75, 3.05) is 31.1 Å². The molecule has 10 heteroatoms. The molecule has 0 saturated heterocycles. The topological polar surface area (TPSA) is 103 Å². The third-order valence-electron chi connectivity index (χ3n) is 4.82. The van der Waals surface area contributed by atoms with E-state index < -0.39 is 17.8 Å². The molecule has 0 fully saturated rings. The third-order valence-corrected chi connectivity index (χ3v) is 6.28. The van der Waals surface area contributed by atoms with E-state index in [2.05, 4.69) is 10.6 Å². The fourth-order valence-corrected chi connectivity index (χ4v) is 4.33. The lowest BCUT2D eigenvalue weighted by molar-refractivity contribution is -0.111. The number of amides is 2. The summed E-state index contributed by atoms with van der Waals surface area (Å²) in [5, 5.41) is 6.24. The van der Waals surface area contributed by atoms with E-state index in [-0.39, 0.29) is 28.8 Å². The minimum absolute atomic E-state index is 0.139. The molecule has 188 valence electrons. The Hall–Kier alpha value is -3.66. The summed E-state index contributed by atoms with van der Waals surface area (Å²) in [5.74, 6) is -0.873. The van der Waals surface area contributed by atoms with Gasteiger partial charge < -0.3 is 24.8 Å². The number of hydrogen-bond donors (Lipinski definition) is 2. The van der Waals surface area contributed by atoms with Crippen molar-refractivity contribution in [3.8, 4) is 5.75 Å². The van der Waals surface area contributed by atoms with Crippen LogP contribution in [0, 0.1) is 6.92 Å². The number of carbonyl (C=O) groups excluding carboxylic acids is 3. The quantitative estimate of drug-likeness (QED) is 0.197. The van der Waals surface area contributed by atoms with Crippen molar-refractivity contribution in [1.82, 2.24) is 0 Å². The Morgan fingerprint density at radius 2 is 1.72 bits per heavy atom. The van der Waals surface area contributed by atoms with Gasteiger partial charge in [0.1, 0.15) is 10.8 Å². The fraction of sp³-hybridized carbons (Fsp3) is 0.192. The summed E-state index contributed by atoms with van der Waals surface area (Å²) in [5.41, 5.74) is 1.87. The smallest absolute Gasteiger partial charge is 0.341 e. The van der Waals surface area contributed by atoms with Crippen LogP contribution in [0.5, 0.6) is 5.75 Å². The Balaban J connectivity index is 1.78. The van der Waals surface area contributed by atoms with Crippen molar-refractivity contribution in [2.24, 2.45) is 0 Å². The predicted octanol–water partition coefficient (Wildman–Crippen LogP) is 5.77. The van der Waals surface area contributed by atoms with Crippen molar-refractivity contribution in [3.63, 3.8) is 0 Å². The number of hydrogen-bond acceptors (Lipinski definition) is 7. The zero-order valence-electron chi connectivity index (χ0n) is 19.9. The van der Waals surface area contributed by atoms with Gasteiger partial charge in [-0.05, 0) is 67.4 Å². The predicted molar refractivity (Wildman–Crippen MR) is 141 cm³/mol. The van der Waals surface area contributed by atoms with Gasteiger partial charge in [0.15, 0.2) is 6.79 Å². The molecule has 0 aliphatic carbocycles. The molecule has 1 heterocycles. The van der Waals surface area contributed by atoms with Crippen LogP contribution in [-0.2, 0) is 14.3 Å². The van der Waals surface area contributed by atoms with Crippen molar-refractivity contribution in [2.45, 2.75) is 13.8 Å². The maximum Gasteiger partial charge on any atom is 0.341 e. The highest BCUT2D eigenvalue weighted by Gasteiger charge is 2.26. The minimum atomic E-state index is -0.622. The molecule has 8 nitrogen and oxygen atoms in total. The highest BCUT2D eigenvalue weighted by molar-refractivity contribution is 7.19. The van der Waals surface area contributed by atoms with E-state index in [0.717, 1.165) is 16.9 Å². The van der Waals surface area contributed by atoms with Crippen LogP contribution in [0.25, 0.3) is 6.08 Å². The standard InChI is InChI=1S/C26H25ClN2O6S/c1-4-34-26(32)22-16(2)23(24(31)28-19-10-8-18(27)9-11-19)36-25(22)29-21(30)14-7-17-5-12-20(13-6-17)35-15-33-3/h5-14H,4,15H2,1-3H3,(H,28,31)(H,29,30)/b14-7+. The zero-order valence-corrected chi connectivity index (χ0v) is 21.5. The molecular formula is C26H25ClN2O6S. The second kappa shape index (κ2) is 12.9. The van der Waals surface area contributed by atoms with Gasteiger partial charge in [-0.2, -0.15) is 0 Å². The zero-order chi connectivity index (χ0) is 26.1. The van der Waals surface area contributed by atoms with Gasteiger partial charge in [0.2, 0.25) is 5.91 Å². The molecule has 36 heavy (non-hydrogen) atoms. The first kappa shape index (κ1) is 26.9. The molecule has 3 aromatic rings. The average molecular weight is 529 g/mol. The Morgan fingerprint density at radius 3 is 2.36 bits per heavy atom. The lowest BCUT2D eigenvalue weighted by Crippen LogP contribution is -2.13. The Labute approximate surface area is 217 Å². The summed E-state index contributed by atoms with van der Waals surface area (Å²) in [6.07, 6.45) is 2.95. The van der Waals surface area contributed by atoms with E-state index in [1.807, 2.05) is 0 Å². The first-order chi connectivity index (χ1) is 17.3. The number of esters is 1. The van der Waals surface area contributed by atoms with E-state index in [9.17, 15) is 14.4 Å².